The highest BCUT2D eigenvalue weighted by Crippen LogP contribution is 2.25. The van der Waals surface area contributed by atoms with Crippen LogP contribution in [0.5, 0.6) is 5.75 Å². The van der Waals surface area contributed by atoms with Gasteiger partial charge in [0.1, 0.15) is 5.75 Å². The fraction of sp³-hybridized carbons (Fsp3) is 0.353. The summed E-state index contributed by atoms with van der Waals surface area (Å²) in [4.78, 5) is 15.4. The third-order valence-corrected chi connectivity index (χ3v) is 6.73. The highest BCUT2D eigenvalue weighted by atomic mass is 32.2. The number of sulfone groups is 1. The van der Waals surface area contributed by atoms with E-state index in [1.54, 1.807) is 0 Å². The molecule has 26 heavy (non-hydrogen) atoms. The Morgan fingerprint density at radius 1 is 1.31 bits per heavy atom. The number of benzene rings is 1. The van der Waals surface area contributed by atoms with Crippen molar-refractivity contribution in [2.75, 3.05) is 11.5 Å². The lowest BCUT2D eigenvalue weighted by Crippen LogP contribution is -2.40. The third-order valence-electron chi connectivity index (χ3n) is 4.12. The zero-order chi connectivity index (χ0) is 18.7. The van der Waals surface area contributed by atoms with Crippen LogP contribution in [0, 0.1) is 0 Å². The van der Waals surface area contributed by atoms with Crippen molar-refractivity contribution < 1.29 is 26.7 Å². The maximum Gasteiger partial charge on any atom is 0.387 e. The Kier molecular flexibility index (Phi) is 5.57. The third kappa shape index (κ3) is 4.59. The second-order valence-corrected chi connectivity index (χ2v) is 9.24. The molecule has 2 heterocycles. The van der Waals surface area contributed by atoms with Crippen molar-refractivity contribution in [1.82, 2.24) is 4.90 Å². The summed E-state index contributed by atoms with van der Waals surface area (Å²) >= 11 is 1.47. The number of carbonyl (C=O) groups is 1. The molecule has 0 unspecified atom stereocenters. The van der Waals surface area contributed by atoms with Gasteiger partial charge in [0.15, 0.2) is 9.84 Å². The molecule has 140 valence electrons. The molecule has 0 bridgehead atoms. The van der Waals surface area contributed by atoms with Crippen LogP contribution in [0.15, 0.2) is 41.8 Å². The van der Waals surface area contributed by atoms with Crippen molar-refractivity contribution in [3.8, 4) is 5.75 Å². The second kappa shape index (κ2) is 7.71. The Balaban J connectivity index is 1.87. The zero-order valence-electron chi connectivity index (χ0n) is 13.7. The number of carbonyl (C=O) groups excluding carboxylic acids is 1. The first-order chi connectivity index (χ1) is 12.3. The molecule has 1 aliphatic heterocycles. The van der Waals surface area contributed by atoms with Gasteiger partial charge in [0.2, 0.25) is 0 Å². The van der Waals surface area contributed by atoms with Crippen LogP contribution in [0.4, 0.5) is 8.78 Å². The van der Waals surface area contributed by atoms with Gasteiger partial charge < -0.3 is 9.64 Å². The molecular formula is C17H17F2NO4S2. The summed E-state index contributed by atoms with van der Waals surface area (Å²) in [6.45, 7) is -2.71. The van der Waals surface area contributed by atoms with E-state index in [2.05, 4.69) is 4.74 Å². The molecule has 0 aliphatic carbocycles. The van der Waals surface area contributed by atoms with Gasteiger partial charge in [-0.3, -0.25) is 4.79 Å². The van der Waals surface area contributed by atoms with Crippen LogP contribution in [0.1, 0.15) is 21.7 Å². The maximum absolute atomic E-state index is 13.0. The zero-order valence-corrected chi connectivity index (χ0v) is 15.3. The summed E-state index contributed by atoms with van der Waals surface area (Å²) in [6.07, 6.45) is 0.368. The van der Waals surface area contributed by atoms with E-state index in [1.807, 2.05) is 17.5 Å². The molecule has 1 atom stereocenters. The van der Waals surface area contributed by atoms with Gasteiger partial charge >= 0.3 is 6.61 Å². The van der Waals surface area contributed by atoms with Crippen LogP contribution >= 0.6 is 11.3 Å². The summed E-state index contributed by atoms with van der Waals surface area (Å²) in [7, 11) is -3.17. The summed E-state index contributed by atoms with van der Waals surface area (Å²) in [6, 6.07) is 8.83. The van der Waals surface area contributed by atoms with Crippen molar-refractivity contribution >= 4 is 27.1 Å². The molecule has 1 aromatic carbocycles. The fourth-order valence-corrected chi connectivity index (χ4v) is 5.36. The van der Waals surface area contributed by atoms with Crippen LogP contribution in [0.3, 0.4) is 0 Å². The Hall–Kier alpha value is -2.00. The lowest BCUT2D eigenvalue weighted by Gasteiger charge is -2.28. The minimum Gasteiger partial charge on any atom is -0.435 e. The smallest absolute Gasteiger partial charge is 0.387 e. The number of thiophene rings is 1. The Morgan fingerprint density at radius 3 is 2.73 bits per heavy atom. The number of ether oxygens (including phenoxy) is 1. The van der Waals surface area contributed by atoms with E-state index in [9.17, 15) is 22.0 Å². The Labute approximate surface area is 154 Å². The highest BCUT2D eigenvalue weighted by Gasteiger charge is 2.35. The van der Waals surface area contributed by atoms with Crippen molar-refractivity contribution in [3.63, 3.8) is 0 Å². The van der Waals surface area contributed by atoms with Crippen LogP contribution in [0.2, 0.25) is 0 Å². The molecule has 3 rings (SSSR count). The van der Waals surface area contributed by atoms with Crippen molar-refractivity contribution in [3.05, 3.63) is 52.2 Å². The van der Waals surface area contributed by atoms with Gasteiger partial charge in [-0.25, -0.2) is 8.42 Å². The molecule has 0 N–H and O–H groups in total. The summed E-state index contributed by atoms with van der Waals surface area (Å²) in [5, 5.41) is 1.88. The molecular weight excluding hydrogens is 384 g/mol. The first-order valence-electron chi connectivity index (χ1n) is 7.93. The number of hydrogen-bond acceptors (Lipinski definition) is 5. The van der Waals surface area contributed by atoms with Crippen LogP contribution in [-0.4, -0.2) is 43.4 Å². The van der Waals surface area contributed by atoms with E-state index >= 15 is 0 Å². The van der Waals surface area contributed by atoms with E-state index in [-0.39, 0.29) is 29.4 Å². The van der Waals surface area contributed by atoms with E-state index in [0.717, 1.165) is 4.88 Å². The number of amides is 1. The topological polar surface area (TPSA) is 63.7 Å². The first kappa shape index (κ1) is 18.8. The molecule has 0 saturated carbocycles. The molecule has 0 spiro atoms. The van der Waals surface area contributed by atoms with Gasteiger partial charge in [-0.05, 0) is 36.1 Å². The predicted molar refractivity (Wildman–Crippen MR) is 94.3 cm³/mol. The molecule has 0 radical (unpaired) electrons. The molecule has 1 aliphatic rings. The van der Waals surface area contributed by atoms with E-state index in [1.165, 1.54) is 40.5 Å². The molecule has 2 aromatic rings. The lowest BCUT2D eigenvalue weighted by molar-refractivity contribution is -0.0499. The van der Waals surface area contributed by atoms with E-state index < -0.39 is 28.4 Å². The van der Waals surface area contributed by atoms with Gasteiger partial charge in [0.05, 0.1) is 18.1 Å². The second-order valence-electron chi connectivity index (χ2n) is 5.98. The van der Waals surface area contributed by atoms with Crippen LogP contribution in [-0.2, 0) is 16.4 Å². The lowest BCUT2D eigenvalue weighted by atomic mass is 10.1. The van der Waals surface area contributed by atoms with Gasteiger partial charge in [0.25, 0.3) is 5.91 Å². The standard InChI is InChI=1S/C17H17F2NO4S2/c18-17(19)24-14-4-1-3-12(9-14)16(21)20(10-15-5-2-7-25-15)13-6-8-26(22,23)11-13/h1-5,7,9,13,17H,6,8,10-11H2/t13-/m1/s1. The number of halogens is 2. The van der Waals surface area contributed by atoms with E-state index in [4.69, 9.17) is 0 Å². The average molecular weight is 401 g/mol. The Morgan fingerprint density at radius 2 is 2.12 bits per heavy atom. The van der Waals surface area contributed by atoms with Crippen LogP contribution in [0.25, 0.3) is 0 Å². The monoisotopic (exact) mass is 401 g/mol. The summed E-state index contributed by atoms with van der Waals surface area (Å²) in [5.41, 5.74) is 0.184. The molecule has 5 nitrogen and oxygen atoms in total. The first-order valence-corrected chi connectivity index (χ1v) is 10.6. The quantitative estimate of drug-likeness (QED) is 0.746. The molecule has 1 saturated heterocycles. The van der Waals surface area contributed by atoms with Crippen LogP contribution < -0.4 is 4.74 Å². The molecule has 1 fully saturated rings. The SMILES string of the molecule is O=C(c1cccc(OC(F)F)c1)N(Cc1cccs1)[C@@H]1CCS(=O)(=O)C1. The minimum atomic E-state index is -3.17. The number of rotatable bonds is 6. The minimum absolute atomic E-state index is 0.0421. The van der Waals surface area contributed by atoms with Gasteiger partial charge in [0, 0.05) is 16.5 Å². The number of hydrogen-bond donors (Lipinski definition) is 0. The summed E-state index contributed by atoms with van der Waals surface area (Å²) < 4.78 is 52.9. The number of nitrogens with zero attached hydrogens (tertiary/aromatic N) is 1. The largest absolute Gasteiger partial charge is 0.435 e. The Bertz CT molecular complexity index is 869. The van der Waals surface area contributed by atoms with Crippen molar-refractivity contribution in [2.24, 2.45) is 0 Å². The molecule has 9 heteroatoms. The van der Waals surface area contributed by atoms with Gasteiger partial charge in [-0.2, -0.15) is 8.78 Å². The molecule has 1 amide bonds. The average Bonchev–Trinajstić information content (AvgIpc) is 3.21. The summed E-state index contributed by atoms with van der Waals surface area (Å²) in [5.74, 6) is -0.557. The van der Waals surface area contributed by atoms with Gasteiger partial charge in [-0.1, -0.05) is 12.1 Å². The van der Waals surface area contributed by atoms with Crippen molar-refractivity contribution in [2.45, 2.75) is 25.6 Å². The van der Waals surface area contributed by atoms with E-state index in [0.29, 0.717) is 6.42 Å². The molecule has 1 aromatic heterocycles. The normalized spacial score (nSPS) is 18.8. The predicted octanol–water partition coefficient (Wildman–Crippen LogP) is 3.18. The van der Waals surface area contributed by atoms with Crippen molar-refractivity contribution in [1.29, 1.82) is 0 Å². The fourth-order valence-electron chi connectivity index (χ4n) is 2.93. The maximum atomic E-state index is 13.0. The number of alkyl halides is 2. The van der Waals surface area contributed by atoms with Gasteiger partial charge in [-0.15, -0.1) is 11.3 Å². The highest BCUT2D eigenvalue weighted by molar-refractivity contribution is 7.91.